The zero-order valence-electron chi connectivity index (χ0n) is 7.64. The Balaban J connectivity index is 0. The minimum absolute atomic E-state index is 0. The number of pyridine rings is 1. The summed E-state index contributed by atoms with van der Waals surface area (Å²) in [5.41, 5.74) is 6.62. The molecule has 0 aliphatic carbocycles. The van der Waals surface area contributed by atoms with Gasteiger partial charge in [0, 0.05) is 11.9 Å². The Morgan fingerprint density at radius 1 is 1.38 bits per heavy atom. The van der Waals surface area contributed by atoms with Crippen LogP contribution < -0.4 is 5.73 Å². The third-order valence-corrected chi connectivity index (χ3v) is 1.69. The monoisotopic (exact) mass is 222 g/mol. The van der Waals surface area contributed by atoms with E-state index < -0.39 is 0 Å². The van der Waals surface area contributed by atoms with Crippen LogP contribution in [0, 0.1) is 5.92 Å². The second-order valence-electron chi connectivity index (χ2n) is 2.87. The molecule has 0 fully saturated rings. The molecule has 0 spiro atoms. The quantitative estimate of drug-likeness (QED) is 0.851. The molecule has 4 heteroatoms. The van der Waals surface area contributed by atoms with Gasteiger partial charge in [-0.3, -0.25) is 4.98 Å². The van der Waals surface area contributed by atoms with Gasteiger partial charge in [0.05, 0.1) is 0 Å². The van der Waals surface area contributed by atoms with Gasteiger partial charge in [0.2, 0.25) is 0 Å². The van der Waals surface area contributed by atoms with Gasteiger partial charge in [-0.15, -0.1) is 24.8 Å². The Kier molecular flexibility index (Phi) is 9.68. The summed E-state index contributed by atoms with van der Waals surface area (Å²) in [6.45, 7) is 2.87. The van der Waals surface area contributed by atoms with Crippen LogP contribution in [0.3, 0.4) is 0 Å². The summed E-state index contributed by atoms with van der Waals surface area (Å²) >= 11 is 0. The molecular weight excluding hydrogens is 207 g/mol. The second-order valence-corrected chi connectivity index (χ2v) is 2.87. The van der Waals surface area contributed by atoms with Crippen LogP contribution in [0.4, 0.5) is 0 Å². The molecule has 1 atom stereocenters. The summed E-state index contributed by atoms with van der Waals surface area (Å²) in [6, 6.07) is 5.97. The molecule has 2 N–H and O–H groups in total. The van der Waals surface area contributed by atoms with Crippen LogP contribution in [0.1, 0.15) is 12.6 Å². The minimum Gasteiger partial charge on any atom is -0.330 e. The van der Waals surface area contributed by atoms with E-state index in [0.29, 0.717) is 5.92 Å². The molecule has 0 radical (unpaired) electrons. The van der Waals surface area contributed by atoms with Crippen LogP contribution in [0.25, 0.3) is 0 Å². The molecule has 2 nitrogen and oxygen atoms in total. The van der Waals surface area contributed by atoms with Crippen LogP contribution in [-0.2, 0) is 6.42 Å². The number of hydrogen-bond acceptors (Lipinski definition) is 2. The van der Waals surface area contributed by atoms with E-state index in [1.165, 1.54) is 0 Å². The number of aromatic nitrogens is 1. The van der Waals surface area contributed by atoms with Gasteiger partial charge < -0.3 is 5.73 Å². The van der Waals surface area contributed by atoms with Gasteiger partial charge in [0.15, 0.2) is 0 Å². The third kappa shape index (κ3) is 5.86. The van der Waals surface area contributed by atoms with Crippen LogP contribution in [0.15, 0.2) is 24.4 Å². The minimum atomic E-state index is 0. The Bertz CT molecular complexity index is 204. The first-order valence-corrected chi connectivity index (χ1v) is 3.93. The molecule has 1 heterocycles. The van der Waals surface area contributed by atoms with Crippen molar-refractivity contribution in [3.63, 3.8) is 0 Å². The molecule has 0 saturated carbocycles. The summed E-state index contributed by atoms with van der Waals surface area (Å²) in [5, 5.41) is 0. The Morgan fingerprint density at radius 2 is 2.08 bits per heavy atom. The molecule has 76 valence electrons. The molecule has 1 aromatic heterocycles. The third-order valence-electron chi connectivity index (χ3n) is 1.69. The zero-order valence-corrected chi connectivity index (χ0v) is 9.28. The van der Waals surface area contributed by atoms with Gasteiger partial charge in [-0.25, -0.2) is 0 Å². The van der Waals surface area contributed by atoms with E-state index in [4.69, 9.17) is 5.73 Å². The van der Waals surface area contributed by atoms with Gasteiger partial charge in [-0.05, 0) is 31.0 Å². The van der Waals surface area contributed by atoms with Crippen LogP contribution >= 0.6 is 24.8 Å². The van der Waals surface area contributed by atoms with Gasteiger partial charge >= 0.3 is 0 Å². The molecule has 1 rings (SSSR count). The summed E-state index contributed by atoms with van der Waals surface area (Å²) in [4.78, 5) is 4.21. The molecule has 13 heavy (non-hydrogen) atoms. The normalized spacial score (nSPS) is 10.9. The second kappa shape index (κ2) is 8.30. The van der Waals surface area contributed by atoms with E-state index in [9.17, 15) is 0 Å². The molecule has 0 aromatic carbocycles. The van der Waals surface area contributed by atoms with Crippen LogP contribution in [0.5, 0.6) is 0 Å². The molecule has 0 saturated heterocycles. The predicted octanol–water partition coefficient (Wildman–Crippen LogP) is 2.06. The van der Waals surface area contributed by atoms with Gasteiger partial charge in [-0.1, -0.05) is 13.0 Å². The van der Waals surface area contributed by atoms with Crippen LogP contribution in [0.2, 0.25) is 0 Å². The van der Waals surface area contributed by atoms with E-state index >= 15 is 0 Å². The van der Waals surface area contributed by atoms with Crippen molar-refractivity contribution in [2.45, 2.75) is 13.3 Å². The highest BCUT2D eigenvalue weighted by Crippen LogP contribution is 2.02. The highest BCUT2D eigenvalue weighted by molar-refractivity contribution is 5.85. The van der Waals surface area contributed by atoms with Crippen molar-refractivity contribution in [1.82, 2.24) is 4.98 Å². The summed E-state index contributed by atoms with van der Waals surface area (Å²) in [5.74, 6) is 0.532. The van der Waals surface area contributed by atoms with Gasteiger partial charge in [0.25, 0.3) is 0 Å². The summed E-state index contributed by atoms with van der Waals surface area (Å²) in [6.07, 6.45) is 2.80. The maximum absolute atomic E-state index is 5.49. The van der Waals surface area contributed by atoms with E-state index in [2.05, 4.69) is 11.9 Å². The van der Waals surface area contributed by atoms with Crippen molar-refractivity contribution in [3.05, 3.63) is 30.1 Å². The first kappa shape index (κ1) is 15.2. The molecule has 0 bridgehead atoms. The van der Waals surface area contributed by atoms with E-state index in [0.717, 1.165) is 18.7 Å². The highest BCUT2D eigenvalue weighted by atomic mass is 35.5. The fourth-order valence-corrected chi connectivity index (χ4v) is 0.959. The Labute approximate surface area is 91.8 Å². The van der Waals surface area contributed by atoms with Crippen LogP contribution in [-0.4, -0.2) is 11.5 Å². The van der Waals surface area contributed by atoms with Crippen molar-refractivity contribution in [3.8, 4) is 0 Å². The maximum Gasteiger partial charge on any atom is 0.0406 e. The number of nitrogens with zero attached hydrogens (tertiary/aromatic N) is 1. The fraction of sp³-hybridized carbons (Fsp3) is 0.444. The SMILES string of the molecule is CC(CN)Cc1ccccn1.Cl.Cl. The summed E-state index contributed by atoms with van der Waals surface area (Å²) < 4.78 is 0. The standard InChI is InChI=1S/C9H14N2.2ClH/c1-8(7-10)6-9-4-2-3-5-11-9;;/h2-5,8H,6-7,10H2,1H3;2*1H. The smallest absolute Gasteiger partial charge is 0.0406 e. The van der Waals surface area contributed by atoms with Gasteiger partial charge in [-0.2, -0.15) is 0 Å². The average Bonchev–Trinajstić information content (AvgIpc) is 2.06. The Morgan fingerprint density at radius 3 is 2.54 bits per heavy atom. The first-order chi connectivity index (χ1) is 5.33. The molecule has 0 aliphatic rings. The molecule has 0 aliphatic heterocycles. The number of hydrogen-bond donors (Lipinski definition) is 1. The van der Waals surface area contributed by atoms with Gasteiger partial charge in [0.1, 0.15) is 0 Å². The average molecular weight is 223 g/mol. The fourth-order valence-electron chi connectivity index (χ4n) is 0.959. The van der Waals surface area contributed by atoms with Crippen molar-refractivity contribution < 1.29 is 0 Å². The number of nitrogens with two attached hydrogens (primary N) is 1. The van der Waals surface area contributed by atoms with E-state index in [-0.39, 0.29) is 24.8 Å². The predicted molar refractivity (Wildman–Crippen MR) is 60.7 cm³/mol. The first-order valence-electron chi connectivity index (χ1n) is 3.93. The zero-order chi connectivity index (χ0) is 8.10. The Hall–Kier alpha value is -0.310. The number of rotatable bonds is 3. The number of halogens is 2. The van der Waals surface area contributed by atoms with Crippen molar-refractivity contribution in [1.29, 1.82) is 0 Å². The van der Waals surface area contributed by atoms with E-state index in [1.54, 1.807) is 0 Å². The van der Waals surface area contributed by atoms with Crippen molar-refractivity contribution in [2.75, 3.05) is 6.54 Å². The lowest BCUT2D eigenvalue weighted by Gasteiger charge is -2.05. The largest absolute Gasteiger partial charge is 0.330 e. The molecule has 0 amide bonds. The van der Waals surface area contributed by atoms with Crippen molar-refractivity contribution >= 4 is 24.8 Å². The lowest BCUT2D eigenvalue weighted by atomic mass is 10.1. The van der Waals surface area contributed by atoms with Crippen molar-refractivity contribution in [2.24, 2.45) is 11.7 Å². The lowest BCUT2D eigenvalue weighted by Crippen LogP contribution is -2.13. The summed E-state index contributed by atoms with van der Waals surface area (Å²) in [7, 11) is 0. The maximum atomic E-state index is 5.49. The topological polar surface area (TPSA) is 38.9 Å². The van der Waals surface area contributed by atoms with E-state index in [1.807, 2.05) is 24.4 Å². The molecule has 1 aromatic rings. The lowest BCUT2D eigenvalue weighted by molar-refractivity contribution is 0.584. The molecular formula is C9H16Cl2N2. The molecule has 1 unspecified atom stereocenters. The highest BCUT2D eigenvalue weighted by Gasteiger charge is 2.00.